The SMILES string of the molecule is COc1ccc(CNc2cc(C(=O)Nc3ccccc3C(C)C)ccn2)cc1. The second-order valence-electron chi connectivity index (χ2n) is 6.83. The van der Waals surface area contributed by atoms with E-state index in [2.05, 4.69) is 29.5 Å². The lowest BCUT2D eigenvalue weighted by Gasteiger charge is -2.14. The average molecular weight is 375 g/mol. The van der Waals surface area contributed by atoms with Crippen molar-refractivity contribution in [1.82, 2.24) is 4.98 Å². The normalized spacial score (nSPS) is 10.6. The molecule has 5 heteroatoms. The summed E-state index contributed by atoms with van der Waals surface area (Å²) in [6.07, 6.45) is 1.64. The molecule has 2 N–H and O–H groups in total. The highest BCUT2D eigenvalue weighted by atomic mass is 16.5. The quantitative estimate of drug-likeness (QED) is 0.605. The van der Waals surface area contributed by atoms with Gasteiger partial charge in [-0.25, -0.2) is 4.98 Å². The number of methoxy groups -OCH3 is 1. The maximum Gasteiger partial charge on any atom is 0.255 e. The van der Waals surface area contributed by atoms with E-state index >= 15 is 0 Å². The van der Waals surface area contributed by atoms with Gasteiger partial charge in [0.2, 0.25) is 0 Å². The topological polar surface area (TPSA) is 63.2 Å². The lowest BCUT2D eigenvalue weighted by atomic mass is 10.0. The molecule has 1 amide bonds. The van der Waals surface area contributed by atoms with E-state index in [0.29, 0.717) is 23.8 Å². The van der Waals surface area contributed by atoms with Gasteiger partial charge < -0.3 is 15.4 Å². The number of ether oxygens (including phenoxy) is 1. The monoisotopic (exact) mass is 375 g/mol. The first-order chi connectivity index (χ1) is 13.6. The minimum atomic E-state index is -0.150. The van der Waals surface area contributed by atoms with Crippen molar-refractivity contribution in [3.8, 4) is 5.75 Å². The second-order valence-corrected chi connectivity index (χ2v) is 6.83. The van der Waals surface area contributed by atoms with Gasteiger partial charge in [0.15, 0.2) is 0 Å². The molecule has 0 fully saturated rings. The molecule has 1 heterocycles. The van der Waals surface area contributed by atoms with E-state index in [9.17, 15) is 4.79 Å². The number of benzene rings is 2. The van der Waals surface area contributed by atoms with Gasteiger partial charge in [0.05, 0.1) is 7.11 Å². The van der Waals surface area contributed by atoms with E-state index in [1.165, 1.54) is 0 Å². The van der Waals surface area contributed by atoms with Crippen LogP contribution < -0.4 is 15.4 Å². The smallest absolute Gasteiger partial charge is 0.255 e. The van der Waals surface area contributed by atoms with Crippen molar-refractivity contribution < 1.29 is 9.53 Å². The highest BCUT2D eigenvalue weighted by molar-refractivity contribution is 6.05. The summed E-state index contributed by atoms with van der Waals surface area (Å²) in [4.78, 5) is 17.0. The van der Waals surface area contributed by atoms with Crippen molar-refractivity contribution in [2.75, 3.05) is 17.7 Å². The number of hydrogen-bond donors (Lipinski definition) is 2. The van der Waals surface area contributed by atoms with E-state index in [1.807, 2.05) is 48.5 Å². The number of carbonyl (C=O) groups excluding carboxylic acids is 1. The van der Waals surface area contributed by atoms with Crippen LogP contribution in [0.25, 0.3) is 0 Å². The summed E-state index contributed by atoms with van der Waals surface area (Å²) >= 11 is 0. The Labute approximate surface area is 165 Å². The number of rotatable bonds is 7. The first kappa shape index (κ1) is 19.4. The van der Waals surface area contributed by atoms with Gasteiger partial charge in [-0.1, -0.05) is 44.2 Å². The molecule has 0 saturated heterocycles. The molecular weight excluding hydrogens is 350 g/mol. The first-order valence-corrected chi connectivity index (χ1v) is 9.30. The van der Waals surface area contributed by atoms with Crippen molar-refractivity contribution in [3.63, 3.8) is 0 Å². The molecule has 0 atom stereocenters. The van der Waals surface area contributed by atoms with E-state index in [4.69, 9.17) is 4.74 Å². The summed E-state index contributed by atoms with van der Waals surface area (Å²) in [6.45, 7) is 4.83. The van der Waals surface area contributed by atoms with Crippen LogP contribution in [0.3, 0.4) is 0 Å². The molecule has 5 nitrogen and oxygen atoms in total. The number of anilines is 2. The summed E-state index contributed by atoms with van der Waals surface area (Å²) in [5.41, 5.74) is 3.61. The molecule has 3 rings (SSSR count). The third-order valence-corrected chi connectivity index (χ3v) is 4.49. The van der Waals surface area contributed by atoms with Crippen molar-refractivity contribution in [1.29, 1.82) is 0 Å². The molecule has 0 aliphatic heterocycles. The Morgan fingerprint density at radius 3 is 2.54 bits per heavy atom. The maximum atomic E-state index is 12.7. The Hall–Kier alpha value is -3.34. The Morgan fingerprint density at radius 1 is 1.07 bits per heavy atom. The number of aromatic nitrogens is 1. The Bertz CT molecular complexity index is 937. The van der Waals surface area contributed by atoms with E-state index in [-0.39, 0.29) is 5.91 Å². The van der Waals surface area contributed by atoms with Gasteiger partial charge in [0.1, 0.15) is 11.6 Å². The van der Waals surface area contributed by atoms with Gasteiger partial charge in [-0.05, 0) is 47.4 Å². The second kappa shape index (κ2) is 9.04. The van der Waals surface area contributed by atoms with Crippen LogP contribution >= 0.6 is 0 Å². The minimum absolute atomic E-state index is 0.150. The Balaban J connectivity index is 1.67. The van der Waals surface area contributed by atoms with Crippen LogP contribution in [0.4, 0.5) is 11.5 Å². The lowest BCUT2D eigenvalue weighted by Crippen LogP contribution is -2.14. The molecule has 0 radical (unpaired) electrons. The molecule has 0 spiro atoms. The predicted octanol–water partition coefficient (Wildman–Crippen LogP) is 5.08. The van der Waals surface area contributed by atoms with Crippen LogP contribution in [0.5, 0.6) is 5.75 Å². The van der Waals surface area contributed by atoms with E-state index in [0.717, 1.165) is 22.6 Å². The number of hydrogen-bond acceptors (Lipinski definition) is 4. The zero-order chi connectivity index (χ0) is 19.9. The third-order valence-electron chi connectivity index (χ3n) is 4.49. The fourth-order valence-electron chi connectivity index (χ4n) is 2.91. The summed E-state index contributed by atoms with van der Waals surface area (Å²) in [6, 6.07) is 19.2. The average Bonchev–Trinajstić information content (AvgIpc) is 2.73. The van der Waals surface area contributed by atoms with Gasteiger partial charge in [0.25, 0.3) is 5.91 Å². The molecule has 0 aliphatic carbocycles. The first-order valence-electron chi connectivity index (χ1n) is 9.30. The standard InChI is InChI=1S/C23H25N3O2/c1-16(2)20-6-4-5-7-21(20)26-23(27)18-12-13-24-22(14-18)25-15-17-8-10-19(28-3)11-9-17/h4-14,16H,15H2,1-3H3,(H,24,25)(H,26,27). The molecule has 0 bridgehead atoms. The Kier molecular flexibility index (Phi) is 6.27. The van der Waals surface area contributed by atoms with Gasteiger partial charge in [-0.3, -0.25) is 4.79 Å². The number of nitrogens with zero attached hydrogens (tertiary/aromatic N) is 1. The van der Waals surface area contributed by atoms with Crippen LogP contribution in [0, 0.1) is 0 Å². The van der Waals surface area contributed by atoms with Gasteiger partial charge in [0, 0.05) is 24.0 Å². The molecule has 0 saturated carbocycles. The third kappa shape index (κ3) is 4.88. The number of carbonyl (C=O) groups is 1. The van der Waals surface area contributed by atoms with Crippen molar-refractivity contribution >= 4 is 17.4 Å². The van der Waals surface area contributed by atoms with Gasteiger partial charge in [-0.15, -0.1) is 0 Å². The molecule has 0 unspecified atom stereocenters. The number of para-hydroxylation sites is 1. The van der Waals surface area contributed by atoms with Crippen LogP contribution in [-0.4, -0.2) is 18.0 Å². The van der Waals surface area contributed by atoms with Crippen molar-refractivity contribution in [2.45, 2.75) is 26.3 Å². The largest absolute Gasteiger partial charge is 0.497 e. The van der Waals surface area contributed by atoms with Crippen molar-refractivity contribution in [2.24, 2.45) is 0 Å². The van der Waals surface area contributed by atoms with Crippen molar-refractivity contribution in [3.05, 3.63) is 83.6 Å². The lowest BCUT2D eigenvalue weighted by molar-refractivity contribution is 0.102. The molecular formula is C23H25N3O2. The molecule has 0 aliphatic rings. The zero-order valence-corrected chi connectivity index (χ0v) is 16.4. The Morgan fingerprint density at radius 2 is 1.82 bits per heavy atom. The van der Waals surface area contributed by atoms with Gasteiger partial charge in [-0.2, -0.15) is 0 Å². The summed E-state index contributed by atoms with van der Waals surface area (Å²) in [5, 5.41) is 6.27. The number of pyridine rings is 1. The molecule has 1 aromatic heterocycles. The fourth-order valence-corrected chi connectivity index (χ4v) is 2.91. The highest BCUT2D eigenvalue weighted by Gasteiger charge is 2.11. The fraction of sp³-hybridized carbons (Fsp3) is 0.217. The highest BCUT2D eigenvalue weighted by Crippen LogP contribution is 2.24. The molecule has 3 aromatic rings. The maximum absolute atomic E-state index is 12.7. The van der Waals surface area contributed by atoms with E-state index in [1.54, 1.807) is 25.4 Å². The molecule has 2 aromatic carbocycles. The summed E-state index contributed by atoms with van der Waals surface area (Å²) < 4.78 is 5.17. The van der Waals surface area contributed by atoms with E-state index < -0.39 is 0 Å². The summed E-state index contributed by atoms with van der Waals surface area (Å²) in [7, 11) is 1.65. The predicted molar refractivity (Wildman–Crippen MR) is 113 cm³/mol. The van der Waals surface area contributed by atoms with Gasteiger partial charge >= 0.3 is 0 Å². The molecule has 28 heavy (non-hydrogen) atoms. The minimum Gasteiger partial charge on any atom is -0.497 e. The van der Waals surface area contributed by atoms with Crippen LogP contribution in [0.15, 0.2) is 66.9 Å². The van der Waals surface area contributed by atoms with Crippen LogP contribution in [0.2, 0.25) is 0 Å². The van der Waals surface area contributed by atoms with Crippen LogP contribution in [0.1, 0.15) is 41.3 Å². The number of amides is 1. The van der Waals surface area contributed by atoms with Crippen LogP contribution in [-0.2, 0) is 6.54 Å². The summed E-state index contributed by atoms with van der Waals surface area (Å²) in [5.74, 6) is 1.65. The number of nitrogens with one attached hydrogen (secondary N) is 2. The zero-order valence-electron chi connectivity index (χ0n) is 16.4. The molecule has 144 valence electrons.